The second-order valence-electron chi connectivity index (χ2n) is 4.73. The molecule has 1 heterocycles. The minimum absolute atomic E-state index is 0.250. The first-order valence-corrected chi connectivity index (χ1v) is 11.4. The Balaban J connectivity index is 2.76. The minimum Gasteiger partial charge on any atom is -0.390 e. The fourth-order valence-electron chi connectivity index (χ4n) is 1.64. The Morgan fingerprint density at radius 2 is 1.82 bits per heavy atom. The number of aryl methyl sites for hydroxylation is 2. The van der Waals surface area contributed by atoms with E-state index in [1.54, 1.807) is 23.5 Å². The Hall–Kier alpha value is 0.400. The van der Waals surface area contributed by atoms with Crippen LogP contribution in [0, 0.1) is 0 Å². The normalized spacial score (nSPS) is 14.0. The maximum atomic E-state index is 9.88. The second kappa shape index (κ2) is 11.9. The molecule has 8 heteroatoms. The van der Waals surface area contributed by atoms with Crippen LogP contribution in [-0.2, 0) is 12.8 Å². The van der Waals surface area contributed by atoms with E-state index in [1.165, 1.54) is 11.8 Å². The van der Waals surface area contributed by atoms with E-state index in [4.69, 9.17) is 0 Å². The van der Waals surface area contributed by atoms with Gasteiger partial charge in [-0.25, -0.2) is 4.98 Å². The highest BCUT2D eigenvalue weighted by atomic mass is 32.2. The molecule has 2 atom stereocenters. The van der Waals surface area contributed by atoms with Crippen LogP contribution in [0.5, 0.6) is 0 Å². The predicted octanol–water partition coefficient (Wildman–Crippen LogP) is 2.03. The van der Waals surface area contributed by atoms with Crippen LogP contribution >= 0.6 is 47.9 Å². The van der Waals surface area contributed by atoms with E-state index in [0.29, 0.717) is 5.75 Å². The maximum Gasteiger partial charge on any atom is 0.118 e. The van der Waals surface area contributed by atoms with Crippen LogP contribution in [0.15, 0.2) is 11.2 Å². The number of rotatable bonds is 11. The van der Waals surface area contributed by atoms with Crippen molar-refractivity contribution in [1.29, 1.82) is 0 Å². The van der Waals surface area contributed by atoms with Gasteiger partial charge in [0, 0.05) is 30.5 Å². The first-order chi connectivity index (χ1) is 10.6. The molecule has 0 bridgehead atoms. The fraction of sp³-hybridized carbons (Fsp3) is 0.714. The van der Waals surface area contributed by atoms with Gasteiger partial charge in [-0.15, -0.1) is 11.8 Å². The Morgan fingerprint density at radius 3 is 2.45 bits per heavy atom. The smallest absolute Gasteiger partial charge is 0.118 e. The number of thioether (sulfide) groups is 3. The molecule has 4 nitrogen and oxygen atoms in total. The lowest BCUT2D eigenvalue weighted by molar-refractivity contribution is 0.0502. The van der Waals surface area contributed by atoms with Gasteiger partial charge in [0.15, 0.2) is 0 Å². The molecule has 0 spiro atoms. The topological polar surface area (TPSA) is 66.2 Å². The highest BCUT2D eigenvalue weighted by molar-refractivity contribution is 7.99. The number of aliphatic hydroxyl groups is 2. The van der Waals surface area contributed by atoms with Gasteiger partial charge in [-0.2, -0.15) is 36.2 Å². The lowest BCUT2D eigenvalue weighted by Crippen LogP contribution is -2.29. The Kier molecular flexibility index (Phi) is 11.0. The molecule has 126 valence electrons. The maximum absolute atomic E-state index is 9.88. The van der Waals surface area contributed by atoms with Gasteiger partial charge in [0.1, 0.15) is 5.03 Å². The molecule has 0 saturated carbocycles. The van der Waals surface area contributed by atoms with Crippen molar-refractivity contribution in [1.82, 2.24) is 9.97 Å². The van der Waals surface area contributed by atoms with Crippen molar-refractivity contribution in [2.24, 2.45) is 0 Å². The van der Waals surface area contributed by atoms with E-state index in [2.05, 4.69) is 35.1 Å². The summed E-state index contributed by atoms with van der Waals surface area (Å²) in [6, 6.07) is 0. The van der Waals surface area contributed by atoms with E-state index in [-0.39, 0.29) is 5.75 Å². The molecule has 2 N–H and O–H groups in total. The van der Waals surface area contributed by atoms with Crippen LogP contribution in [0.1, 0.15) is 11.4 Å². The number of aliphatic hydroxyl groups excluding tert-OH is 2. The Labute approximate surface area is 151 Å². The zero-order valence-electron chi connectivity index (χ0n) is 12.9. The Morgan fingerprint density at radius 1 is 1.14 bits per heavy atom. The molecule has 0 radical (unpaired) electrons. The number of hydrogen-bond donors (Lipinski definition) is 3. The summed E-state index contributed by atoms with van der Waals surface area (Å²) < 4.78 is 0. The second-order valence-corrected chi connectivity index (χ2v) is 8.07. The molecule has 1 aromatic rings. The largest absolute Gasteiger partial charge is 0.390 e. The van der Waals surface area contributed by atoms with Crippen LogP contribution in [0.2, 0.25) is 0 Å². The SMILES string of the molecule is CSCCc1cnc(CCSC)c(SCC(O)C(O)CS)n1. The molecular formula is C14H24N2O2S4. The van der Waals surface area contributed by atoms with Crippen molar-refractivity contribution in [2.45, 2.75) is 30.1 Å². The van der Waals surface area contributed by atoms with E-state index < -0.39 is 12.2 Å². The van der Waals surface area contributed by atoms with E-state index in [0.717, 1.165) is 40.8 Å². The van der Waals surface area contributed by atoms with Gasteiger partial charge >= 0.3 is 0 Å². The molecule has 0 saturated heterocycles. The van der Waals surface area contributed by atoms with Crippen molar-refractivity contribution < 1.29 is 10.2 Å². The zero-order valence-corrected chi connectivity index (χ0v) is 16.3. The molecule has 2 unspecified atom stereocenters. The van der Waals surface area contributed by atoms with Gasteiger partial charge in [0.2, 0.25) is 0 Å². The third kappa shape index (κ3) is 7.31. The van der Waals surface area contributed by atoms with Crippen molar-refractivity contribution in [3.63, 3.8) is 0 Å². The van der Waals surface area contributed by atoms with Gasteiger partial charge in [0.05, 0.1) is 23.6 Å². The monoisotopic (exact) mass is 380 g/mol. The first-order valence-electron chi connectivity index (χ1n) is 7.04. The number of thiol groups is 1. The summed E-state index contributed by atoms with van der Waals surface area (Å²) in [6.45, 7) is 0. The predicted molar refractivity (Wildman–Crippen MR) is 103 cm³/mol. The summed E-state index contributed by atoms with van der Waals surface area (Å²) in [6.07, 6.45) is 6.15. The average molecular weight is 381 g/mol. The highest BCUT2D eigenvalue weighted by Gasteiger charge is 2.17. The quantitative estimate of drug-likeness (QED) is 0.401. The molecule has 0 aromatic carbocycles. The average Bonchev–Trinajstić information content (AvgIpc) is 2.55. The van der Waals surface area contributed by atoms with Gasteiger partial charge in [-0.05, 0) is 24.0 Å². The summed E-state index contributed by atoms with van der Waals surface area (Å²) in [5.41, 5.74) is 1.95. The minimum atomic E-state index is -0.807. The van der Waals surface area contributed by atoms with Crippen LogP contribution in [0.3, 0.4) is 0 Å². The van der Waals surface area contributed by atoms with Crippen molar-refractivity contribution in [3.8, 4) is 0 Å². The van der Waals surface area contributed by atoms with Crippen LogP contribution in [-0.4, -0.2) is 67.9 Å². The molecule has 0 aliphatic heterocycles. The molecular weight excluding hydrogens is 356 g/mol. The third-order valence-corrected chi connectivity index (χ3v) is 5.70. The molecule has 22 heavy (non-hydrogen) atoms. The van der Waals surface area contributed by atoms with E-state index >= 15 is 0 Å². The summed E-state index contributed by atoms with van der Waals surface area (Å²) in [5, 5.41) is 20.4. The van der Waals surface area contributed by atoms with Crippen LogP contribution in [0.4, 0.5) is 0 Å². The molecule has 0 aliphatic rings. The van der Waals surface area contributed by atoms with Crippen molar-refractivity contribution in [2.75, 3.05) is 35.5 Å². The van der Waals surface area contributed by atoms with Crippen molar-refractivity contribution in [3.05, 3.63) is 17.6 Å². The number of nitrogens with zero attached hydrogens (tertiary/aromatic N) is 2. The lowest BCUT2D eigenvalue weighted by Gasteiger charge is -2.16. The molecule has 0 aliphatic carbocycles. The van der Waals surface area contributed by atoms with Crippen LogP contribution < -0.4 is 0 Å². The summed E-state index contributed by atoms with van der Waals surface area (Å²) in [7, 11) is 0. The van der Waals surface area contributed by atoms with E-state index in [1.807, 2.05) is 6.20 Å². The van der Waals surface area contributed by atoms with Gasteiger partial charge in [0.25, 0.3) is 0 Å². The summed E-state index contributed by atoms with van der Waals surface area (Å²) in [4.78, 5) is 9.23. The lowest BCUT2D eigenvalue weighted by atomic mass is 10.3. The number of hydrogen-bond acceptors (Lipinski definition) is 8. The molecule has 0 amide bonds. The van der Waals surface area contributed by atoms with E-state index in [9.17, 15) is 10.2 Å². The third-order valence-electron chi connectivity index (χ3n) is 2.99. The molecule has 1 rings (SSSR count). The summed E-state index contributed by atoms with van der Waals surface area (Å²) in [5.74, 6) is 2.66. The first kappa shape index (κ1) is 20.4. The number of aromatic nitrogens is 2. The highest BCUT2D eigenvalue weighted by Crippen LogP contribution is 2.22. The fourth-order valence-corrected chi connectivity index (χ4v) is 3.75. The van der Waals surface area contributed by atoms with Crippen molar-refractivity contribution >= 4 is 47.9 Å². The summed E-state index contributed by atoms with van der Waals surface area (Å²) >= 11 is 9.03. The van der Waals surface area contributed by atoms with Gasteiger partial charge in [-0.1, -0.05) is 0 Å². The molecule has 0 fully saturated rings. The van der Waals surface area contributed by atoms with Gasteiger partial charge < -0.3 is 10.2 Å². The van der Waals surface area contributed by atoms with Crippen LogP contribution in [0.25, 0.3) is 0 Å². The zero-order chi connectivity index (χ0) is 16.4. The Bertz CT molecular complexity index is 437. The molecule has 1 aromatic heterocycles. The van der Waals surface area contributed by atoms with Gasteiger partial charge in [-0.3, -0.25) is 4.98 Å². The standard InChI is InChI=1S/C14H24N2O2S4/c1-20-5-3-10-7-15-11(4-6-21-2)14(16-10)22-9-13(18)12(17)8-19/h7,12-13,17-19H,3-6,8-9H2,1-2H3.